The number of amides is 1. The summed E-state index contributed by atoms with van der Waals surface area (Å²) < 4.78 is 0.292. The second-order valence-corrected chi connectivity index (χ2v) is 4.96. The van der Waals surface area contributed by atoms with Crippen molar-refractivity contribution in [3.05, 3.63) is 0 Å². The minimum absolute atomic E-state index is 0.0334. The zero-order valence-corrected chi connectivity index (χ0v) is 11.3. The maximum atomic E-state index is 10.4. The molecule has 0 radical (unpaired) electrons. The number of guanidine groups is 1. The first-order valence-electron chi connectivity index (χ1n) is 6.32. The average molecular weight is 244 g/mol. The molecule has 0 saturated heterocycles. The molecule has 0 spiro atoms. The van der Waals surface area contributed by atoms with E-state index in [1.807, 2.05) is 14.1 Å². The first-order chi connectivity index (χ1) is 7.90. The zero-order chi connectivity index (χ0) is 13.3. The van der Waals surface area contributed by atoms with Crippen LogP contribution in [0.2, 0.25) is 0 Å². The molecule has 0 bridgehead atoms. The van der Waals surface area contributed by atoms with Gasteiger partial charge in [0, 0.05) is 0 Å². The van der Waals surface area contributed by atoms with Crippen LogP contribution in [-0.4, -0.2) is 42.3 Å². The van der Waals surface area contributed by atoms with Gasteiger partial charge in [-0.2, -0.15) is 0 Å². The molecule has 100 valence electrons. The summed E-state index contributed by atoms with van der Waals surface area (Å²) in [6.07, 6.45) is 6.05. The third kappa shape index (κ3) is 7.74. The van der Waals surface area contributed by atoms with Crippen molar-refractivity contribution in [3.63, 3.8) is 0 Å². The highest BCUT2D eigenvalue weighted by Crippen LogP contribution is 2.08. The topological polar surface area (TPSA) is 73.2 Å². The highest BCUT2D eigenvalue weighted by atomic mass is 16.4. The van der Waals surface area contributed by atoms with Crippen molar-refractivity contribution in [2.24, 2.45) is 0 Å². The molecule has 17 heavy (non-hydrogen) atoms. The summed E-state index contributed by atoms with van der Waals surface area (Å²) in [6.45, 7) is 2.99. The summed E-state index contributed by atoms with van der Waals surface area (Å²) >= 11 is 0. The second kappa shape index (κ2) is 8.06. The second-order valence-electron chi connectivity index (χ2n) is 4.96. The van der Waals surface area contributed by atoms with E-state index in [0.29, 0.717) is 4.48 Å². The summed E-state index contributed by atoms with van der Waals surface area (Å²) in [5.74, 6) is 0.0334. The normalized spacial score (nSPS) is 11.2. The molecular weight excluding hydrogens is 218 g/mol. The van der Waals surface area contributed by atoms with Gasteiger partial charge in [-0.05, 0) is 12.8 Å². The van der Waals surface area contributed by atoms with Gasteiger partial charge >= 0.3 is 12.1 Å². The van der Waals surface area contributed by atoms with Crippen molar-refractivity contribution in [3.8, 4) is 0 Å². The Balaban J connectivity index is 3.77. The smallest absolute Gasteiger partial charge is 0.414 e. The van der Waals surface area contributed by atoms with Crippen LogP contribution in [0.5, 0.6) is 0 Å². The van der Waals surface area contributed by atoms with Crippen LogP contribution < -0.4 is 5.32 Å². The summed E-state index contributed by atoms with van der Waals surface area (Å²) in [5.41, 5.74) is 0. The summed E-state index contributed by atoms with van der Waals surface area (Å²) in [7, 11) is 3.70. The van der Waals surface area contributed by atoms with E-state index in [1.165, 1.54) is 25.7 Å². The summed E-state index contributed by atoms with van der Waals surface area (Å²) in [5, 5.41) is 18.3. The van der Waals surface area contributed by atoms with Gasteiger partial charge in [-0.25, -0.2) is 15.5 Å². The molecule has 0 aromatic heterocycles. The van der Waals surface area contributed by atoms with Gasteiger partial charge in [-0.3, -0.25) is 4.48 Å². The van der Waals surface area contributed by atoms with Gasteiger partial charge in [0.25, 0.3) is 0 Å². The number of unbranched alkanes of at least 4 members (excludes halogenated alkanes) is 5. The SMILES string of the molecule is CCCCCCCC[N+](C)(C)C(=N)NC(=O)O. The highest BCUT2D eigenvalue weighted by molar-refractivity contribution is 5.87. The fourth-order valence-electron chi connectivity index (χ4n) is 1.65. The molecule has 0 unspecified atom stereocenters. The van der Waals surface area contributed by atoms with E-state index >= 15 is 0 Å². The van der Waals surface area contributed by atoms with E-state index in [0.717, 1.165) is 19.4 Å². The molecule has 0 aromatic rings. The summed E-state index contributed by atoms with van der Waals surface area (Å²) in [4.78, 5) is 10.4. The van der Waals surface area contributed by atoms with Crippen molar-refractivity contribution in [1.29, 1.82) is 5.41 Å². The number of nitrogens with one attached hydrogen (secondary N) is 2. The Bertz CT molecular complexity index is 252. The maximum absolute atomic E-state index is 10.4. The van der Waals surface area contributed by atoms with Crippen molar-refractivity contribution >= 4 is 12.1 Å². The zero-order valence-electron chi connectivity index (χ0n) is 11.3. The molecule has 5 heteroatoms. The first kappa shape index (κ1) is 15.9. The van der Waals surface area contributed by atoms with Gasteiger partial charge in [-0.1, -0.05) is 32.6 Å². The van der Waals surface area contributed by atoms with Crippen LogP contribution in [-0.2, 0) is 0 Å². The Morgan fingerprint density at radius 1 is 1.18 bits per heavy atom. The molecule has 0 aromatic carbocycles. The lowest BCUT2D eigenvalue weighted by molar-refractivity contribution is -0.802. The maximum Gasteiger partial charge on any atom is 0.414 e. The van der Waals surface area contributed by atoms with Gasteiger partial charge in [-0.15, -0.1) is 0 Å². The lowest BCUT2D eigenvalue weighted by Crippen LogP contribution is -2.53. The Kier molecular flexibility index (Phi) is 7.54. The molecule has 0 saturated carbocycles. The lowest BCUT2D eigenvalue weighted by atomic mass is 10.1. The molecule has 0 heterocycles. The monoisotopic (exact) mass is 244 g/mol. The number of hydrogen-bond donors (Lipinski definition) is 3. The van der Waals surface area contributed by atoms with E-state index < -0.39 is 6.09 Å². The number of carbonyl (C=O) groups is 1. The number of nitrogens with zero attached hydrogens (tertiary/aromatic N) is 1. The van der Waals surface area contributed by atoms with Crippen LogP contribution in [0, 0.1) is 5.41 Å². The molecule has 0 rings (SSSR count). The number of quaternary nitrogens is 1. The Hall–Kier alpha value is -1.10. The van der Waals surface area contributed by atoms with Crippen LogP contribution in [0.15, 0.2) is 0 Å². The van der Waals surface area contributed by atoms with Gasteiger partial charge < -0.3 is 5.11 Å². The number of carboxylic acid groups (broad SMARTS) is 1. The lowest BCUT2D eigenvalue weighted by Gasteiger charge is -2.28. The largest absolute Gasteiger partial charge is 0.465 e. The van der Waals surface area contributed by atoms with Gasteiger partial charge in [0.05, 0.1) is 20.6 Å². The minimum Gasteiger partial charge on any atom is -0.465 e. The molecule has 5 nitrogen and oxygen atoms in total. The van der Waals surface area contributed by atoms with E-state index in [9.17, 15) is 4.79 Å². The van der Waals surface area contributed by atoms with Crippen molar-refractivity contribution < 1.29 is 14.4 Å². The van der Waals surface area contributed by atoms with E-state index in [1.54, 1.807) is 0 Å². The van der Waals surface area contributed by atoms with Crippen LogP contribution in [0.3, 0.4) is 0 Å². The Labute approximate surface area is 104 Å². The quantitative estimate of drug-likeness (QED) is 0.279. The third-order valence-corrected chi connectivity index (χ3v) is 2.90. The Morgan fingerprint density at radius 3 is 2.24 bits per heavy atom. The highest BCUT2D eigenvalue weighted by Gasteiger charge is 2.23. The predicted molar refractivity (Wildman–Crippen MR) is 69.2 cm³/mol. The number of hydrogen-bond acceptors (Lipinski definition) is 2. The van der Waals surface area contributed by atoms with E-state index in [2.05, 4.69) is 12.2 Å². The van der Waals surface area contributed by atoms with Crippen molar-refractivity contribution in [1.82, 2.24) is 5.32 Å². The van der Waals surface area contributed by atoms with Crippen LogP contribution in [0.25, 0.3) is 0 Å². The molecule has 1 amide bonds. The molecule has 0 aliphatic carbocycles. The van der Waals surface area contributed by atoms with E-state index in [-0.39, 0.29) is 5.96 Å². The van der Waals surface area contributed by atoms with Gasteiger partial charge in [0.1, 0.15) is 0 Å². The fraction of sp³-hybridized carbons (Fsp3) is 0.833. The van der Waals surface area contributed by atoms with Crippen LogP contribution in [0.1, 0.15) is 45.4 Å². The molecule has 0 atom stereocenters. The molecule has 0 aliphatic rings. The standard InChI is InChI=1S/C12H25N3O2/c1-4-5-6-7-8-9-10-15(2,3)11(13)14-12(16)17/h4-10H2,1-3H3,(H2-,13,14,16,17)/p+1. The molecule has 3 N–H and O–H groups in total. The Morgan fingerprint density at radius 2 is 1.71 bits per heavy atom. The third-order valence-electron chi connectivity index (χ3n) is 2.90. The van der Waals surface area contributed by atoms with Crippen LogP contribution in [0.4, 0.5) is 4.79 Å². The predicted octanol–water partition coefficient (Wildman–Crippen LogP) is 2.63. The molecule has 0 aliphatic heterocycles. The summed E-state index contributed by atoms with van der Waals surface area (Å²) in [6, 6.07) is 0. The minimum atomic E-state index is -1.16. The van der Waals surface area contributed by atoms with Gasteiger partial charge in [0.2, 0.25) is 0 Å². The van der Waals surface area contributed by atoms with Crippen molar-refractivity contribution in [2.75, 3.05) is 20.6 Å². The fourth-order valence-corrected chi connectivity index (χ4v) is 1.65. The van der Waals surface area contributed by atoms with Gasteiger partial charge in [0.15, 0.2) is 0 Å². The molecule has 0 fully saturated rings. The average Bonchev–Trinajstić information content (AvgIpc) is 2.22. The number of rotatable bonds is 7. The van der Waals surface area contributed by atoms with Crippen molar-refractivity contribution in [2.45, 2.75) is 45.4 Å². The first-order valence-corrected chi connectivity index (χ1v) is 6.32. The molecular formula is C12H26N3O2+. The van der Waals surface area contributed by atoms with E-state index in [4.69, 9.17) is 10.5 Å². The van der Waals surface area contributed by atoms with Crippen LogP contribution >= 0.6 is 0 Å².